The number of nitro groups is 2. The number of aryl methyl sites for hydroxylation is 1. The summed E-state index contributed by atoms with van der Waals surface area (Å²) < 4.78 is 5.51. The third-order valence-corrected chi connectivity index (χ3v) is 4.86. The molecule has 0 bridgehead atoms. The lowest BCUT2D eigenvalue weighted by atomic mass is 10.2. The number of hydrogen-bond donors (Lipinski definition) is 2. The number of carbonyl (C=O) groups excluding carboxylic acids is 2. The van der Waals surface area contributed by atoms with Crippen molar-refractivity contribution in [1.29, 1.82) is 0 Å². The highest BCUT2D eigenvalue weighted by atomic mass is 35.5. The summed E-state index contributed by atoms with van der Waals surface area (Å²) in [5.74, 6) is -2.00. The van der Waals surface area contributed by atoms with Crippen molar-refractivity contribution in [1.82, 2.24) is 5.43 Å². The standard InChI is InChI=1S/C22H16ClN5O7/c1-13-5-6-15(10-18(13)23)25-21(29)22(30)26-24-12-14-3-2-4-17(9-14)35-20-8-7-16(27(31)32)11-19(20)28(33)34/h2-12H,1H3,(H,25,29)(H,26,30). The molecule has 178 valence electrons. The fraction of sp³-hybridized carbons (Fsp3) is 0.0455. The molecule has 0 spiro atoms. The van der Waals surface area contributed by atoms with E-state index in [1.807, 2.05) is 0 Å². The van der Waals surface area contributed by atoms with Crippen molar-refractivity contribution < 1.29 is 24.2 Å². The highest BCUT2D eigenvalue weighted by Gasteiger charge is 2.21. The molecule has 13 heteroatoms. The van der Waals surface area contributed by atoms with Gasteiger partial charge in [-0.05, 0) is 48.4 Å². The quantitative estimate of drug-likeness (QED) is 0.212. The van der Waals surface area contributed by atoms with Crippen molar-refractivity contribution in [2.45, 2.75) is 6.92 Å². The fourth-order valence-electron chi connectivity index (χ4n) is 2.71. The van der Waals surface area contributed by atoms with Gasteiger partial charge < -0.3 is 10.1 Å². The number of anilines is 1. The first-order chi connectivity index (χ1) is 16.6. The Bertz CT molecular complexity index is 1360. The summed E-state index contributed by atoms with van der Waals surface area (Å²) in [4.78, 5) is 44.6. The monoisotopic (exact) mass is 497 g/mol. The molecule has 0 saturated carbocycles. The molecular formula is C22H16ClN5O7. The number of non-ortho nitro benzene ring substituents is 1. The van der Waals surface area contributed by atoms with Gasteiger partial charge in [0.25, 0.3) is 5.69 Å². The second-order valence-electron chi connectivity index (χ2n) is 6.96. The predicted octanol–water partition coefficient (Wildman–Crippen LogP) is 4.35. The Morgan fingerprint density at radius 1 is 1.00 bits per heavy atom. The van der Waals surface area contributed by atoms with E-state index >= 15 is 0 Å². The molecule has 0 aliphatic carbocycles. The molecule has 12 nitrogen and oxygen atoms in total. The van der Waals surface area contributed by atoms with Crippen molar-refractivity contribution in [2.75, 3.05) is 5.32 Å². The van der Waals surface area contributed by atoms with E-state index in [1.165, 1.54) is 24.4 Å². The van der Waals surface area contributed by atoms with Crippen molar-refractivity contribution in [3.05, 3.63) is 97.0 Å². The van der Waals surface area contributed by atoms with Gasteiger partial charge in [0.1, 0.15) is 5.75 Å². The minimum Gasteiger partial charge on any atom is -0.450 e. The summed E-state index contributed by atoms with van der Waals surface area (Å²) >= 11 is 5.99. The molecule has 0 unspecified atom stereocenters. The number of carbonyl (C=O) groups is 2. The number of nitrogens with one attached hydrogen (secondary N) is 2. The van der Waals surface area contributed by atoms with Crippen LogP contribution in [0.4, 0.5) is 17.1 Å². The Balaban J connectivity index is 1.65. The summed E-state index contributed by atoms with van der Waals surface area (Å²) in [6.07, 6.45) is 1.23. The number of ether oxygens (including phenoxy) is 1. The first kappa shape index (κ1) is 24.8. The Labute approximate surface area is 202 Å². The van der Waals surface area contributed by atoms with Crippen molar-refractivity contribution in [3.63, 3.8) is 0 Å². The van der Waals surface area contributed by atoms with Gasteiger partial charge in [0.2, 0.25) is 5.75 Å². The molecule has 0 aliphatic rings. The maximum atomic E-state index is 12.0. The summed E-state index contributed by atoms with van der Waals surface area (Å²) in [6.45, 7) is 1.79. The average molecular weight is 498 g/mol. The first-order valence-electron chi connectivity index (χ1n) is 9.75. The van der Waals surface area contributed by atoms with Crippen molar-refractivity contribution >= 4 is 46.7 Å². The van der Waals surface area contributed by atoms with Crippen molar-refractivity contribution in [2.24, 2.45) is 5.10 Å². The van der Waals surface area contributed by atoms with Gasteiger partial charge in [0.05, 0.1) is 22.1 Å². The number of benzene rings is 3. The summed E-state index contributed by atoms with van der Waals surface area (Å²) in [7, 11) is 0. The number of nitrogens with zero attached hydrogens (tertiary/aromatic N) is 3. The maximum absolute atomic E-state index is 12.0. The smallest absolute Gasteiger partial charge is 0.329 e. The van der Waals surface area contributed by atoms with Gasteiger partial charge in [-0.3, -0.25) is 29.8 Å². The fourth-order valence-corrected chi connectivity index (χ4v) is 2.89. The Morgan fingerprint density at radius 2 is 1.77 bits per heavy atom. The van der Waals surface area contributed by atoms with Crippen LogP contribution in [0.15, 0.2) is 65.8 Å². The molecule has 3 aromatic carbocycles. The number of hydrazone groups is 1. The van der Waals surface area contributed by atoms with Crippen LogP contribution in [0.25, 0.3) is 0 Å². The zero-order valence-electron chi connectivity index (χ0n) is 17.9. The second-order valence-corrected chi connectivity index (χ2v) is 7.37. The summed E-state index contributed by atoms with van der Waals surface area (Å²) in [6, 6.07) is 13.9. The van der Waals surface area contributed by atoms with Crippen LogP contribution >= 0.6 is 11.6 Å². The normalized spacial score (nSPS) is 10.6. The third-order valence-electron chi connectivity index (χ3n) is 4.45. The third kappa shape index (κ3) is 6.58. The van der Waals surface area contributed by atoms with Gasteiger partial charge in [0, 0.05) is 16.8 Å². The number of rotatable bonds is 7. The van der Waals surface area contributed by atoms with E-state index in [0.717, 1.165) is 23.8 Å². The van der Waals surface area contributed by atoms with Crippen LogP contribution in [0.3, 0.4) is 0 Å². The molecule has 2 amide bonds. The van der Waals surface area contributed by atoms with Gasteiger partial charge in [-0.15, -0.1) is 0 Å². The molecule has 0 saturated heterocycles. The molecule has 0 fully saturated rings. The number of nitro benzene ring substituents is 2. The molecule has 3 rings (SSSR count). The predicted molar refractivity (Wildman–Crippen MR) is 127 cm³/mol. The molecular weight excluding hydrogens is 482 g/mol. The SMILES string of the molecule is Cc1ccc(NC(=O)C(=O)NN=Cc2cccc(Oc3ccc([N+](=O)[O-])cc3[N+](=O)[O-])c2)cc1Cl. The molecule has 0 aromatic heterocycles. The highest BCUT2D eigenvalue weighted by Crippen LogP contribution is 2.34. The lowest BCUT2D eigenvalue weighted by Crippen LogP contribution is -2.32. The number of hydrogen-bond acceptors (Lipinski definition) is 8. The minimum absolute atomic E-state index is 0.172. The molecule has 0 heterocycles. The van der Waals surface area contributed by atoms with Gasteiger partial charge in [-0.2, -0.15) is 5.10 Å². The molecule has 2 N–H and O–H groups in total. The minimum atomic E-state index is -1.02. The maximum Gasteiger partial charge on any atom is 0.329 e. The topological polar surface area (TPSA) is 166 Å². The molecule has 3 aromatic rings. The van der Waals surface area contributed by atoms with Gasteiger partial charge in [-0.1, -0.05) is 29.8 Å². The number of halogens is 1. The largest absolute Gasteiger partial charge is 0.450 e. The summed E-state index contributed by atoms with van der Waals surface area (Å²) in [5, 5.41) is 28.7. The lowest BCUT2D eigenvalue weighted by molar-refractivity contribution is -0.394. The van der Waals surface area contributed by atoms with E-state index in [2.05, 4.69) is 15.8 Å². The van der Waals surface area contributed by atoms with Gasteiger partial charge >= 0.3 is 17.5 Å². The van der Waals surface area contributed by atoms with Crippen LogP contribution < -0.4 is 15.5 Å². The van der Waals surface area contributed by atoms with Crippen LogP contribution in [0, 0.1) is 27.2 Å². The van der Waals surface area contributed by atoms with E-state index in [4.69, 9.17) is 16.3 Å². The molecule has 0 atom stereocenters. The average Bonchev–Trinajstić information content (AvgIpc) is 2.81. The highest BCUT2D eigenvalue weighted by molar-refractivity contribution is 6.39. The van der Waals surface area contributed by atoms with Gasteiger partial charge in [-0.25, -0.2) is 5.43 Å². The van der Waals surface area contributed by atoms with Crippen molar-refractivity contribution in [3.8, 4) is 11.5 Å². The Kier molecular flexibility index (Phi) is 7.69. The van der Waals surface area contributed by atoms with Crippen LogP contribution in [0.2, 0.25) is 5.02 Å². The zero-order valence-corrected chi connectivity index (χ0v) is 18.7. The Hall–Kier alpha value is -4.84. The van der Waals surface area contributed by atoms with Gasteiger partial charge in [0.15, 0.2) is 0 Å². The lowest BCUT2D eigenvalue weighted by Gasteiger charge is -2.07. The van der Waals surface area contributed by atoms with E-state index < -0.39 is 33.0 Å². The molecule has 35 heavy (non-hydrogen) atoms. The molecule has 0 aliphatic heterocycles. The second kappa shape index (κ2) is 10.9. The molecule has 0 radical (unpaired) electrons. The zero-order chi connectivity index (χ0) is 25.5. The van der Waals surface area contributed by atoms with Crippen LogP contribution in [-0.4, -0.2) is 27.9 Å². The van der Waals surface area contributed by atoms with E-state index in [9.17, 15) is 29.8 Å². The van der Waals surface area contributed by atoms with E-state index in [-0.39, 0.29) is 11.5 Å². The van der Waals surface area contributed by atoms with Crippen LogP contribution in [-0.2, 0) is 9.59 Å². The Morgan fingerprint density at radius 3 is 2.46 bits per heavy atom. The van der Waals surface area contributed by atoms with E-state index in [0.29, 0.717) is 16.3 Å². The van der Waals surface area contributed by atoms with Crippen LogP contribution in [0.1, 0.15) is 11.1 Å². The van der Waals surface area contributed by atoms with Crippen LogP contribution in [0.5, 0.6) is 11.5 Å². The van der Waals surface area contributed by atoms with E-state index in [1.54, 1.807) is 31.2 Å². The first-order valence-corrected chi connectivity index (χ1v) is 10.1. The summed E-state index contributed by atoms with van der Waals surface area (Å²) in [5.41, 5.74) is 2.64. The number of amides is 2.